The van der Waals surface area contributed by atoms with Gasteiger partial charge in [-0.15, -0.1) is 0 Å². The van der Waals surface area contributed by atoms with E-state index in [2.05, 4.69) is 9.80 Å². The number of morpholine rings is 2. The predicted molar refractivity (Wildman–Crippen MR) is 118 cm³/mol. The SMILES string of the molecule is CCS(=O)(=O)CCCN1CC2CN(CCCS(=O)(=O)c3ccc(C#N)cc3)CC(C1)O2. The quantitative estimate of drug-likeness (QED) is 0.498. The van der Waals surface area contributed by atoms with Gasteiger partial charge < -0.3 is 4.74 Å². The summed E-state index contributed by atoms with van der Waals surface area (Å²) in [6.07, 6.45) is 1.34. The third-order valence-corrected chi connectivity index (χ3v) is 9.44. The van der Waals surface area contributed by atoms with Crippen molar-refractivity contribution in [3.8, 4) is 6.07 Å². The number of nitrogens with zero attached hydrogens (tertiary/aromatic N) is 3. The Hall–Kier alpha value is -1.51. The molecule has 0 N–H and O–H groups in total. The Balaban J connectivity index is 1.42. The number of fused-ring (bicyclic) bond motifs is 2. The molecule has 2 fully saturated rings. The van der Waals surface area contributed by atoms with Crippen molar-refractivity contribution >= 4 is 19.7 Å². The van der Waals surface area contributed by atoms with Crippen molar-refractivity contribution in [3.63, 3.8) is 0 Å². The van der Waals surface area contributed by atoms with Crippen LogP contribution in [0.5, 0.6) is 0 Å². The van der Waals surface area contributed by atoms with E-state index in [0.29, 0.717) is 24.9 Å². The first-order valence-electron chi connectivity index (χ1n) is 10.7. The molecule has 2 heterocycles. The van der Waals surface area contributed by atoms with Crippen LogP contribution < -0.4 is 0 Å². The minimum absolute atomic E-state index is 0.0730. The average molecular weight is 470 g/mol. The summed E-state index contributed by atoms with van der Waals surface area (Å²) in [6, 6.07) is 8.03. The fourth-order valence-corrected chi connectivity index (χ4v) is 6.36. The summed E-state index contributed by atoms with van der Waals surface area (Å²) in [4.78, 5) is 4.81. The van der Waals surface area contributed by atoms with Gasteiger partial charge in [0.25, 0.3) is 0 Å². The van der Waals surface area contributed by atoms with Gasteiger partial charge in [-0.25, -0.2) is 16.8 Å². The molecule has 1 aromatic rings. The van der Waals surface area contributed by atoms with Crippen molar-refractivity contribution in [1.29, 1.82) is 5.26 Å². The van der Waals surface area contributed by atoms with Crippen LogP contribution in [0.3, 0.4) is 0 Å². The zero-order valence-corrected chi connectivity index (χ0v) is 19.6. The summed E-state index contributed by atoms with van der Waals surface area (Å²) in [6.45, 7) is 6.22. The van der Waals surface area contributed by atoms with Crippen molar-refractivity contribution in [3.05, 3.63) is 29.8 Å². The van der Waals surface area contributed by atoms with Crippen molar-refractivity contribution in [2.24, 2.45) is 0 Å². The first-order chi connectivity index (χ1) is 14.7. The molecule has 2 aliphatic rings. The van der Waals surface area contributed by atoms with Crippen LogP contribution in [0.4, 0.5) is 0 Å². The highest BCUT2D eigenvalue weighted by molar-refractivity contribution is 7.91. The topological polar surface area (TPSA) is 108 Å². The van der Waals surface area contributed by atoms with Gasteiger partial charge in [-0.3, -0.25) is 9.80 Å². The lowest BCUT2D eigenvalue weighted by molar-refractivity contribution is -0.138. The largest absolute Gasteiger partial charge is 0.370 e. The van der Waals surface area contributed by atoms with Gasteiger partial charge in [-0.05, 0) is 50.2 Å². The van der Waals surface area contributed by atoms with E-state index in [1.165, 1.54) is 24.3 Å². The first kappa shape index (κ1) is 24.1. The molecule has 8 nitrogen and oxygen atoms in total. The summed E-state index contributed by atoms with van der Waals surface area (Å²) in [7, 11) is -6.29. The van der Waals surface area contributed by atoms with Crippen LogP contribution in [0.15, 0.2) is 29.2 Å². The lowest BCUT2D eigenvalue weighted by atomic mass is 10.1. The third kappa shape index (κ3) is 6.99. The molecule has 0 amide bonds. The first-order valence-corrected chi connectivity index (χ1v) is 14.2. The van der Waals surface area contributed by atoms with Crippen LogP contribution in [0.25, 0.3) is 0 Å². The minimum atomic E-state index is -3.36. The zero-order valence-electron chi connectivity index (χ0n) is 17.9. The molecule has 0 aromatic heterocycles. The number of benzene rings is 1. The number of hydrogen-bond acceptors (Lipinski definition) is 8. The molecule has 10 heteroatoms. The van der Waals surface area contributed by atoms with Gasteiger partial charge in [-0.2, -0.15) is 5.26 Å². The fraction of sp³-hybridized carbons (Fsp3) is 0.667. The van der Waals surface area contributed by atoms with Crippen LogP contribution in [0.2, 0.25) is 0 Å². The summed E-state index contributed by atoms with van der Waals surface area (Å²) in [5, 5.41) is 8.84. The van der Waals surface area contributed by atoms with Gasteiger partial charge >= 0.3 is 0 Å². The van der Waals surface area contributed by atoms with Crippen LogP contribution >= 0.6 is 0 Å². The second-order valence-corrected chi connectivity index (χ2v) is 12.9. The molecular formula is C21H31N3O5S2. The maximum Gasteiger partial charge on any atom is 0.178 e. The maximum absolute atomic E-state index is 12.5. The van der Waals surface area contributed by atoms with Gasteiger partial charge in [0.2, 0.25) is 0 Å². The Morgan fingerprint density at radius 2 is 1.45 bits per heavy atom. The lowest BCUT2D eigenvalue weighted by Crippen LogP contribution is -2.59. The van der Waals surface area contributed by atoms with E-state index in [4.69, 9.17) is 10.00 Å². The Morgan fingerprint density at radius 1 is 0.935 bits per heavy atom. The zero-order chi connectivity index (χ0) is 22.5. The van der Waals surface area contributed by atoms with Crippen molar-refractivity contribution in [1.82, 2.24) is 9.80 Å². The summed E-state index contributed by atoms with van der Waals surface area (Å²) in [5.74, 6) is 0.497. The van der Waals surface area contributed by atoms with Crippen LogP contribution in [0, 0.1) is 11.3 Å². The number of hydrogen-bond donors (Lipinski definition) is 0. The monoisotopic (exact) mass is 469 g/mol. The summed E-state index contributed by atoms with van der Waals surface area (Å²) in [5.41, 5.74) is 0.444. The summed E-state index contributed by atoms with van der Waals surface area (Å²) < 4.78 is 54.4. The molecule has 2 atom stereocenters. The van der Waals surface area contributed by atoms with Crippen molar-refractivity contribution in [2.45, 2.75) is 36.9 Å². The van der Waals surface area contributed by atoms with E-state index >= 15 is 0 Å². The molecular weight excluding hydrogens is 438 g/mol. The van der Waals surface area contributed by atoms with E-state index in [0.717, 1.165) is 32.7 Å². The Kier molecular flexibility index (Phi) is 8.10. The molecule has 2 aliphatic heterocycles. The highest BCUT2D eigenvalue weighted by Crippen LogP contribution is 2.20. The molecule has 2 bridgehead atoms. The van der Waals surface area contributed by atoms with Crippen LogP contribution in [0.1, 0.15) is 25.3 Å². The van der Waals surface area contributed by atoms with Crippen molar-refractivity contribution < 1.29 is 21.6 Å². The Bertz CT molecular complexity index is 973. The highest BCUT2D eigenvalue weighted by atomic mass is 32.2. The van der Waals surface area contributed by atoms with Gasteiger partial charge in [0.15, 0.2) is 9.84 Å². The van der Waals surface area contributed by atoms with E-state index < -0.39 is 19.7 Å². The second kappa shape index (κ2) is 10.4. The van der Waals surface area contributed by atoms with E-state index in [9.17, 15) is 16.8 Å². The standard InChI is InChI=1S/C21H31N3O5S2/c1-2-30(25,26)11-3-9-23-14-19-16-24(17-20(15-23)29-19)10-4-12-31(27,28)21-7-5-18(13-22)6-8-21/h5-8,19-20H,2-4,9-12,14-17H2,1H3. The smallest absolute Gasteiger partial charge is 0.178 e. The average Bonchev–Trinajstić information content (AvgIpc) is 2.73. The Morgan fingerprint density at radius 3 is 1.94 bits per heavy atom. The third-order valence-electron chi connectivity index (χ3n) is 5.83. The van der Waals surface area contributed by atoms with Gasteiger partial charge in [0, 0.05) is 31.9 Å². The second-order valence-electron chi connectivity index (χ2n) is 8.30. The molecule has 0 radical (unpaired) electrons. The number of nitriles is 1. The molecule has 172 valence electrons. The molecule has 31 heavy (non-hydrogen) atoms. The van der Waals surface area contributed by atoms with Gasteiger partial charge in [0.1, 0.15) is 9.84 Å². The van der Waals surface area contributed by atoms with E-state index in [1.807, 2.05) is 6.07 Å². The number of sulfone groups is 2. The maximum atomic E-state index is 12.5. The van der Waals surface area contributed by atoms with Gasteiger partial charge in [-0.1, -0.05) is 6.92 Å². The van der Waals surface area contributed by atoms with E-state index in [1.54, 1.807) is 6.92 Å². The normalized spacial score (nSPS) is 22.8. The molecule has 0 saturated carbocycles. The van der Waals surface area contributed by atoms with Gasteiger partial charge in [0.05, 0.1) is 40.2 Å². The van der Waals surface area contributed by atoms with Crippen LogP contribution in [-0.4, -0.2) is 95.4 Å². The number of rotatable bonds is 10. The summed E-state index contributed by atoms with van der Waals surface area (Å²) >= 11 is 0. The number of ether oxygens (including phenoxy) is 1. The highest BCUT2D eigenvalue weighted by Gasteiger charge is 2.34. The molecule has 3 rings (SSSR count). The minimum Gasteiger partial charge on any atom is -0.370 e. The lowest BCUT2D eigenvalue weighted by Gasteiger charge is -2.46. The van der Waals surface area contributed by atoms with E-state index in [-0.39, 0.29) is 34.4 Å². The molecule has 0 aliphatic carbocycles. The molecule has 2 saturated heterocycles. The molecule has 1 aromatic carbocycles. The van der Waals surface area contributed by atoms with Crippen LogP contribution in [-0.2, 0) is 24.4 Å². The molecule has 2 unspecified atom stereocenters. The molecule has 0 spiro atoms. The Labute approximate surface area is 185 Å². The van der Waals surface area contributed by atoms with Crippen molar-refractivity contribution in [2.75, 3.05) is 56.5 Å². The predicted octanol–water partition coefficient (Wildman–Crippen LogP) is 0.932. The fourth-order valence-electron chi connectivity index (χ4n) is 4.21.